The highest BCUT2D eigenvalue weighted by molar-refractivity contribution is 5.90. The number of fused-ring (bicyclic) bond motifs is 2. The van der Waals surface area contributed by atoms with E-state index in [0.29, 0.717) is 12.1 Å². The summed E-state index contributed by atoms with van der Waals surface area (Å²) in [6.07, 6.45) is 5.93. The van der Waals surface area contributed by atoms with Crippen LogP contribution in [0.4, 0.5) is 10.5 Å². The summed E-state index contributed by atoms with van der Waals surface area (Å²) in [5.74, 6) is 0.909. The third kappa shape index (κ3) is 4.73. The molecular weight excluding hydrogens is 362 g/mol. The molecule has 0 aliphatic carbocycles. The van der Waals surface area contributed by atoms with Gasteiger partial charge in [-0.1, -0.05) is 18.2 Å². The highest BCUT2D eigenvalue weighted by Crippen LogP contribution is 2.23. The van der Waals surface area contributed by atoms with E-state index < -0.39 is 0 Å². The van der Waals surface area contributed by atoms with Crippen molar-refractivity contribution in [3.8, 4) is 5.75 Å². The second kappa shape index (κ2) is 8.87. The fourth-order valence-corrected chi connectivity index (χ4v) is 5.08. The summed E-state index contributed by atoms with van der Waals surface area (Å²) in [5.41, 5.74) is 3.33. The Kier molecular flexibility index (Phi) is 6.05. The summed E-state index contributed by atoms with van der Waals surface area (Å²) in [6.45, 7) is 3.07. The molecule has 2 aromatic rings. The van der Waals surface area contributed by atoms with Crippen molar-refractivity contribution in [2.75, 3.05) is 12.4 Å². The van der Waals surface area contributed by atoms with Crippen LogP contribution in [0, 0.1) is 6.92 Å². The number of amides is 2. The van der Waals surface area contributed by atoms with Crippen molar-refractivity contribution < 1.29 is 14.4 Å². The molecule has 2 bridgehead atoms. The van der Waals surface area contributed by atoms with E-state index in [1.807, 2.05) is 31.2 Å². The normalized spacial score (nSPS) is 25.9. The van der Waals surface area contributed by atoms with E-state index >= 15 is 0 Å². The van der Waals surface area contributed by atoms with Gasteiger partial charge in [-0.3, -0.25) is 0 Å². The number of urea groups is 1. The fraction of sp³-hybridized carbons (Fsp3) is 0.458. The quantitative estimate of drug-likeness (QED) is 0.729. The molecule has 0 aromatic heterocycles. The van der Waals surface area contributed by atoms with Gasteiger partial charge in [0.2, 0.25) is 0 Å². The van der Waals surface area contributed by atoms with Crippen molar-refractivity contribution >= 4 is 11.7 Å². The molecule has 2 aliphatic heterocycles. The molecule has 2 aromatic carbocycles. The Morgan fingerprint density at radius 1 is 1.07 bits per heavy atom. The van der Waals surface area contributed by atoms with Gasteiger partial charge in [-0.05, 0) is 62.1 Å². The van der Waals surface area contributed by atoms with Crippen molar-refractivity contribution in [2.24, 2.45) is 0 Å². The van der Waals surface area contributed by atoms with Crippen molar-refractivity contribution in [3.63, 3.8) is 0 Å². The summed E-state index contributed by atoms with van der Waals surface area (Å²) in [6, 6.07) is 17.8. The van der Waals surface area contributed by atoms with E-state index in [2.05, 4.69) is 34.9 Å². The number of hydrogen-bond acceptors (Lipinski definition) is 2. The average molecular weight is 395 g/mol. The lowest BCUT2D eigenvalue weighted by atomic mass is 9.81. The SMILES string of the molecule is COc1ccc(C[NH+]2[C@@H]3CCC[C@@H]2CC(NC(=O)Nc2ccccc2C)C3)cc1. The van der Waals surface area contributed by atoms with Crippen molar-refractivity contribution in [1.29, 1.82) is 0 Å². The predicted molar refractivity (Wildman–Crippen MR) is 115 cm³/mol. The second-order valence-electron chi connectivity index (χ2n) is 8.51. The number of benzene rings is 2. The van der Waals surface area contributed by atoms with Gasteiger partial charge in [-0.2, -0.15) is 0 Å². The summed E-state index contributed by atoms with van der Waals surface area (Å²) in [7, 11) is 1.71. The molecule has 5 heteroatoms. The van der Waals surface area contributed by atoms with Gasteiger partial charge in [0.1, 0.15) is 12.3 Å². The van der Waals surface area contributed by atoms with E-state index in [-0.39, 0.29) is 12.1 Å². The first-order valence-electron chi connectivity index (χ1n) is 10.7. The number of nitrogens with one attached hydrogen (secondary N) is 3. The minimum Gasteiger partial charge on any atom is -0.497 e. The maximum atomic E-state index is 12.5. The molecule has 154 valence electrons. The van der Waals surface area contributed by atoms with Crippen molar-refractivity contribution in [2.45, 2.75) is 63.7 Å². The van der Waals surface area contributed by atoms with Gasteiger partial charge in [0, 0.05) is 30.1 Å². The zero-order chi connectivity index (χ0) is 20.2. The molecule has 0 unspecified atom stereocenters. The lowest BCUT2D eigenvalue weighted by molar-refractivity contribution is -0.973. The molecule has 2 fully saturated rings. The zero-order valence-corrected chi connectivity index (χ0v) is 17.4. The molecule has 5 nitrogen and oxygen atoms in total. The summed E-state index contributed by atoms with van der Waals surface area (Å²) in [5, 5.41) is 6.26. The summed E-state index contributed by atoms with van der Waals surface area (Å²) in [4.78, 5) is 14.2. The third-order valence-electron chi connectivity index (χ3n) is 6.59. The number of quaternary nitrogens is 1. The van der Waals surface area contributed by atoms with E-state index in [9.17, 15) is 4.79 Å². The molecule has 2 heterocycles. The van der Waals surface area contributed by atoms with Crippen LogP contribution >= 0.6 is 0 Å². The van der Waals surface area contributed by atoms with Gasteiger partial charge >= 0.3 is 6.03 Å². The number of para-hydroxylation sites is 1. The van der Waals surface area contributed by atoms with Crippen molar-refractivity contribution in [1.82, 2.24) is 5.32 Å². The number of ether oxygens (including phenoxy) is 1. The number of aryl methyl sites for hydroxylation is 1. The molecule has 2 aliphatic rings. The van der Waals surface area contributed by atoms with Gasteiger partial charge in [-0.25, -0.2) is 4.79 Å². The average Bonchev–Trinajstić information content (AvgIpc) is 2.71. The smallest absolute Gasteiger partial charge is 0.319 e. The molecule has 2 amide bonds. The van der Waals surface area contributed by atoms with E-state index in [4.69, 9.17) is 4.74 Å². The second-order valence-corrected chi connectivity index (χ2v) is 8.51. The van der Waals surface area contributed by atoms with E-state index in [0.717, 1.165) is 36.4 Å². The first-order chi connectivity index (χ1) is 14.1. The molecule has 2 atom stereocenters. The van der Waals surface area contributed by atoms with Gasteiger partial charge in [0.15, 0.2) is 0 Å². The Labute approximate surface area is 173 Å². The van der Waals surface area contributed by atoms with Gasteiger partial charge < -0.3 is 20.3 Å². The monoisotopic (exact) mass is 394 g/mol. The van der Waals surface area contributed by atoms with Crippen LogP contribution in [-0.4, -0.2) is 31.3 Å². The van der Waals surface area contributed by atoms with Crippen LogP contribution in [0.25, 0.3) is 0 Å². The topological polar surface area (TPSA) is 54.8 Å². The molecule has 29 heavy (non-hydrogen) atoms. The molecule has 3 N–H and O–H groups in total. The van der Waals surface area contributed by atoms with Gasteiger partial charge in [-0.15, -0.1) is 0 Å². The third-order valence-corrected chi connectivity index (χ3v) is 6.59. The fourth-order valence-electron chi connectivity index (χ4n) is 5.08. The molecule has 0 spiro atoms. The Morgan fingerprint density at radius 2 is 1.76 bits per heavy atom. The van der Waals surface area contributed by atoms with Crippen LogP contribution in [0.15, 0.2) is 48.5 Å². The first kappa shape index (κ1) is 19.8. The standard InChI is InChI=1S/C24H31N3O2/c1-17-6-3-4-9-23(17)26-24(28)25-19-14-20-7-5-8-21(15-19)27(20)16-18-10-12-22(29-2)13-11-18/h3-4,6,9-13,19-21H,5,7-8,14-16H2,1-2H3,(H2,25,26,28)/p+1/t20-,21-/m1/s1. The van der Waals surface area contributed by atoms with Crippen LogP contribution < -0.4 is 20.3 Å². The predicted octanol–water partition coefficient (Wildman–Crippen LogP) is 3.29. The Balaban J connectivity index is 1.36. The van der Waals surface area contributed by atoms with Crippen LogP contribution in [-0.2, 0) is 6.54 Å². The lowest BCUT2D eigenvalue weighted by Crippen LogP contribution is -3.20. The van der Waals surface area contributed by atoms with Crippen LogP contribution in [0.3, 0.4) is 0 Å². The Bertz CT molecular complexity index is 822. The largest absolute Gasteiger partial charge is 0.497 e. The van der Waals surface area contributed by atoms with Crippen LogP contribution in [0.5, 0.6) is 5.75 Å². The van der Waals surface area contributed by atoms with Crippen LogP contribution in [0.1, 0.15) is 43.2 Å². The number of hydrogen-bond donors (Lipinski definition) is 3. The molecule has 0 radical (unpaired) electrons. The van der Waals surface area contributed by atoms with Gasteiger partial charge in [0.25, 0.3) is 0 Å². The Hall–Kier alpha value is -2.53. The number of rotatable bonds is 5. The Morgan fingerprint density at radius 3 is 2.41 bits per heavy atom. The number of carbonyl (C=O) groups excluding carboxylic acids is 1. The zero-order valence-electron chi connectivity index (χ0n) is 17.4. The maximum Gasteiger partial charge on any atom is 0.319 e. The molecular formula is C24H32N3O2+. The summed E-state index contributed by atoms with van der Waals surface area (Å²) >= 11 is 0. The van der Waals surface area contributed by atoms with E-state index in [1.165, 1.54) is 24.8 Å². The highest BCUT2D eigenvalue weighted by Gasteiger charge is 2.42. The number of piperidine rings is 2. The molecule has 4 rings (SSSR count). The van der Waals surface area contributed by atoms with E-state index in [1.54, 1.807) is 12.0 Å². The highest BCUT2D eigenvalue weighted by atomic mass is 16.5. The number of methoxy groups -OCH3 is 1. The van der Waals surface area contributed by atoms with Crippen LogP contribution in [0.2, 0.25) is 0 Å². The molecule has 2 saturated heterocycles. The molecule has 0 saturated carbocycles. The number of carbonyl (C=O) groups is 1. The summed E-state index contributed by atoms with van der Waals surface area (Å²) < 4.78 is 5.28. The van der Waals surface area contributed by atoms with Gasteiger partial charge in [0.05, 0.1) is 19.2 Å². The lowest BCUT2D eigenvalue weighted by Gasteiger charge is -2.46. The minimum atomic E-state index is -0.0824. The van der Waals surface area contributed by atoms with Crippen molar-refractivity contribution in [3.05, 3.63) is 59.7 Å². The minimum absolute atomic E-state index is 0.0824. The number of anilines is 1. The maximum absolute atomic E-state index is 12.5. The first-order valence-corrected chi connectivity index (χ1v) is 10.7.